The number of hydrogen-bond acceptors (Lipinski definition) is 5. The highest BCUT2D eigenvalue weighted by atomic mass is 16.5. The molecule has 0 saturated carbocycles. The van der Waals surface area contributed by atoms with Crippen molar-refractivity contribution in [2.75, 3.05) is 19.0 Å². The van der Waals surface area contributed by atoms with Gasteiger partial charge < -0.3 is 10.1 Å². The van der Waals surface area contributed by atoms with Crippen LogP contribution in [0.3, 0.4) is 0 Å². The second-order valence-electron chi connectivity index (χ2n) is 5.81. The normalized spacial score (nSPS) is 12.8. The number of fused-ring (bicyclic) bond motifs is 1. The molecule has 0 aromatic heterocycles. The molecular formula is C19H16N2O5. The third kappa shape index (κ3) is 3.06. The van der Waals surface area contributed by atoms with Crippen LogP contribution in [0.15, 0.2) is 42.5 Å². The molecule has 0 radical (unpaired) electrons. The molecule has 2 aromatic carbocycles. The molecule has 0 saturated heterocycles. The summed E-state index contributed by atoms with van der Waals surface area (Å²) >= 11 is 0. The number of carbonyl (C=O) groups is 4. The van der Waals surface area contributed by atoms with Crippen LogP contribution < -0.4 is 5.32 Å². The Kier molecular flexibility index (Phi) is 4.53. The fourth-order valence-electron chi connectivity index (χ4n) is 2.72. The highest BCUT2D eigenvalue weighted by Gasteiger charge is 2.36. The molecule has 1 heterocycles. The van der Waals surface area contributed by atoms with E-state index in [-0.39, 0.29) is 16.7 Å². The number of rotatable bonds is 4. The van der Waals surface area contributed by atoms with Gasteiger partial charge in [-0.05, 0) is 36.8 Å². The van der Waals surface area contributed by atoms with Crippen molar-refractivity contribution in [1.29, 1.82) is 0 Å². The van der Waals surface area contributed by atoms with Crippen LogP contribution in [0.25, 0.3) is 0 Å². The molecule has 0 spiro atoms. The van der Waals surface area contributed by atoms with Gasteiger partial charge in [0, 0.05) is 5.69 Å². The molecule has 1 aliphatic heterocycles. The van der Waals surface area contributed by atoms with E-state index in [2.05, 4.69) is 10.1 Å². The number of esters is 1. The minimum atomic E-state index is -0.537. The van der Waals surface area contributed by atoms with Gasteiger partial charge in [0.05, 0.1) is 23.8 Å². The number of carbonyl (C=O) groups excluding carboxylic acids is 4. The van der Waals surface area contributed by atoms with Gasteiger partial charge in [-0.15, -0.1) is 0 Å². The molecule has 0 bridgehead atoms. The van der Waals surface area contributed by atoms with Crippen LogP contribution in [-0.4, -0.2) is 42.2 Å². The lowest BCUT2D eigenvalue weighted by atomic mass is 10.1. The Morgan fingerprint density at radius 1 is 1.04 bits per heavy atom. The molecule has 1 aliphatic rings. The maximum atomic E-state index is 12.3. The number of ether oxygens (including phenoxy) is 1. The maximum absolute atomic E-state index is 12.3. The Labute approximate surface area is 149 Å². The topological polar surface area (TPSA) is 92.8 Å². The molecule has 0 fully saturated rings. The molecule has 0 aliphatic carbocycles. The van der Waals surface area contributed by atoms with Gasteiger partial charge >= 0.3 is 5.97 Å². The highest BCUT2D eigenvalue weighted by Crippen LogP contribution is 2.23. The first-order valence-corrected chi connectivity index (χ1v) is 7.86. The summed E-state index contributed by atoms with van der Waals surface area (Å²) in [5.41, 5.74) is 2.00. The monoisotopic (exact) mass is 352 g/mol. The van der Waals surface area contributed by atoms with Crippen molar-refractivity contribution < 1.29 is 23.9 Å². The number of nitrogens with one attached hydrogen (secondary N) is 1. The summed E-state index contributed by atoms with van der Waals surface area (Å²) in [4.78, 5) is 49.5. The van der Waals surface area contributed by atoms with Crippen molar-refractivity contribution in [2.24, 2.45) is 0 Å². The predicted molar refractivity (Wildman–Crippen MR) is 93.0 cm³/mol. The first kappa shape index (κ1) is 17.3. The molecule has 7 nitrogen and oxygen atoms in total. The summed E-state index contributed by atoms with van der Waals surface area (Å²) in [6, 6.07) is 11.2. The minimum absolute atomic E-state index is 0.286. The van der Waals surface area contributed by atoms with E-state index < -0.39 is 30.2 Å². The summed E-state index contributed by atoms with van der Waals surface area (Å²) in [7, 11) is 1.27. The lowest BCUT2D eigenvalue weighted by Gasteiger charge is -2.15. The largest absolute Gasteiger partial charge is 0.465 e. The maximum Gasteiger partial charge on any atom is 0.337 e. The number of hydrogen-bond donors (Lipinski definition) is 1. The second-order valence-corrected chi connectivity index (χ2v) is 5.81. The molecule has 132 valence electrons. The van der Waals surface area contributed by atoms with Crippen molar-refractivity contribution in [3.05, 3.63) is 64.7 Å². The van der Waals surface area contributed by atoms with Crippen LogP contribution in [-0.2, 0) is 9.53 Å². The predicted octanol–water partition coefficient (Wildman–Crippen LogP) is 2.02. The van der Waals surface area contributed by atoms with Crippen molar-refractivity contribution in [1.82, 2.24) is 4.90 Å². The number of aryl methyl sites for hydroxylation is 1. The van der Waals surface area contributed by atoms with Gasteiger partial charge in [0.2, 0.25) is 5.91 Å². The zero-order valence-corrected chi connectivity index (χ0v) is 14.2. The van der Waals surface area contributed by atoms with Gasteiger partial charge in [-0.2, -0.15) is 0 Å². The Balaban J connectivity index is 1.75. The van der Waals surface area contributed by atoms with Crippen molar-refractivity contribution in [3.8, 4) is 0 Å². The fourth-order valence-corrected chi connectivity index (χ4v) is 2.72. The van der Waals surface area contributed by atoms with Crippen LogP contribution in [0.5, 0.6) is 0 Å². The van der Waals surface area contributed by atoms with E-state index in [1.807, 2.05) is 0 Å². The van der Waals surface area contributed by atoms with E-state index in [0.29, 0.717) is 5.69 Å². The van der Waals surface area contributed by atoms with Crippen molar-refractivity contribution in [2.45, 2.75) is 6.92 Å². The summed E-state index contributed by atoms with van der Waals surface area (Å²) in [6.07, 6.45) is 0. The van der Waals surface area contributed by atoms with Crippen LogP contribution in [0.2, 0.25) is 0 Å². The van der Waals surface area contributed by atoms with E-state index in [4.69, 9.17) is 0 Å². The van der Waals surface area contributed by atoms with Gasteiger partial charge in [-0.25, -0.2) is 4.79 Å². The third-order valence-corrected chi connectivity index (χ3v) is 4.11. The smallest absolute Gasteiger partial charge is 0.337 e. The lowest BCUT2D eigenvalue weighted by Crippen LogP contribution is -2.37. The SMILES string of the molecule is COC(=O)c1ccc(C)c(NC(=O)CN2C(=O)c3ccccc3C2=O)c1. The Bertz CT molecular complexity index is 900. The summed E-state index contributed by atoms with van der Waals surface area (Å²) in [5, 5.41) is 2.63. The lowest BCUT2D eigenvalue weighted by molar-refractivity contribution is -0.116. The van der Waals surface area contributed by atoms with Crippen LogP contribution in [0, 0.1) is 6.92 Å². The summed E-state index contributed by atoms with van der Waals surface area (Å²) < 4.78 is 4.66. The number of imide groups is 1. The van der Waals surface area contributed by atoms with E-state index >= 15 is 0 Å². The number of anilines is 1. The molecule has 3 amide bonds. The Hall–Kier alpha value is -3.48. The zero-order valence-electron chi connectivity index (χ0n) is 14.2. The van der Waals surface area contributed by atoms with E-state index in [1.165, 1.54) is 13.2 Å². The van der Waals surface area contributed by atoms with Gasteiger partial charge in [-0.3, -0.25) is 19.3 Å². The van der Waals surface area contributed by atoms with Gasteiger partial charge in [-0.1, -0.05) is 18.2 Å². The molecule has 0 atom stereocenters. The van der Waals surface area contributed by atoms with E-state index in [9.17, 15) is 19.2 Å². The number of methoxy groups -OCH3 is 1. The Morgan fingerprint density at radius 2 is 1.65 bits per heavy atom. The summed E-state index contributed by atoms with van der Waals surface area (Å²) in [5.74, 6) is -2.06. The van der Waals surface area contributed by atoms with Crippen LogP contribution >= 0.6 is 0 Å². The minimum Gasteiger partial charge on any atom is -0.465 e. The number of amides is 3. The third-order valence-electron chi connectivity index (χ3n) is 4.11. The average Bonchev–Trinajstić information content (AvgIpc) is 2.88. The molecule has 0 unspecified atom stereocenters. The molecule has 3 rings (SSSR count). The number of benzene rings is 2. The summed E-state index contributed by atoms with van der Waals surface area (Å²) in [6.45, 7) is 1.35. The quantitative estimate of drug-likeness (QED) is 0.671. The molecule has 7 heteroatoms. The standard InChI is InChI=1S/C19H16N2O5/c1-11-7-8-12(19(25)26-2)9-15(11)20-16(22)10-21-17(23)13-5-3-4-6-14(13)18(21)24/h3-9H,10H2,1-2H3,(H,20,22). The van der Waals surface area contributed by atoms with Crippen molar-refractivity contribution in [3.63, 3.8) is 0 Å². The van der Waals surface area contributed by atoms with Crippen molar-refractivity contribution >= 4 is 29.4 Å². The second kappa shape index (κ2) is 6.79. The van der Waals surface area contributed by atoms with Gasteiger partial charge in [0.15, 0.2) is 0 Å². The molecular weight excluding hydrogens is 336 g/mol. The van der Waals surface area contributed by atoms with E-state index in [1.54, 1.807) is 43.3 Å². The van der Waals surface area contributed by atoms with Crippen LogP contribution in [0.4, 0.5) is 5.69 Å². The highest BCUT2D eigenvalue weighted by molar-refractivity contribution is 6.22. The molecule has 1 N–H and O–H groups in total. The average molecular weight is 352 g/mol. The molecule has 26 heavy (non-hydrogen) atoms. The van der Waals surface area contributed by atoms with Gasteiger partial charge in [0.25, 0.3) is 11.8 Å². The fraction of sp³-hybridized carbons (Fsp3) is 0.158. The molecule has 2 aromatic rings. The number of nitrogens with zero attached hydrogens (tertiary/aromatic N) is 1. The first-order chi connectivity index (χ1) is 12.4. The van der Waals surface area contributed by atoms with E-state index in [0.717, 1.165) is 10.5 Å². The van der Waals surface area contributed by atoms with Crippen LogP contribution in [0.1, 0.15) is 36.6 Å². The first-order valence-electron chi connectivity index (χ1n) is 7.86. The van der Waals surface area contributed by atoms with Gasteiger partial charge in [0.1, 0.15) is 6.54 Å². The Morgan fingerprint density at radius 3 is 2.23 bits per heavy atom. The zero-order chi connectivity index (χ0) is 18.8.